The molecule has 0 aliphatic rings. The molecule has 2 aromatic carbocycles. The summed E-state index contributed by atoms with van der Waals surface area (Å²) in [5.74, 6) is -0.244. The first-order valence-corrected chi connectivity index (χ1v) is 7.93. The molecule has 4 nitrogen and oxygen atoms in total. The maximum absolute atomic E-state index is 13.4. The second-order valence-electron chi connectivity index (χ2n) is 5.49. The van der Waals surface area contributed by atoms with E-state index in [2.05, 4.69) is 10.3 Å². The quantitative estimate of drug-likeness (QED) is 0.654. The van der Waals surface area contributed by atoms with E-state index in [0.717, 1.165) is 16.5 Å². The summed E-state index contributed by atoms with van der Waals surface area (Å²) < 4.78 is 18.7. The number of amides is 1. The average molecular weight is 326 g/mol. The summed E-state index contributed by atoms with van der Waals surface area (Å²) in [6, 6.07) is 14.2. The number of hydrogen-bond acceptors (Lipinski definition) is 2. The van der Waals surface area contributed by atoms with Crippen molar-refractivity contribution in [2.45, 2.75) is 12.8 Å². The Balaban J connectivity index is 1.41. The van der Waals surface area contributed by atoms with Crippen LogP contribution in [0.1, 0.15) is 12.0 Å². The molecule has 0 unspecified atom stereocenters. The zero-order valence-corrected chi connectivity index (χ0v) is 13.2. The molecular formula is C19H19FN2O2. The second-order valence-corrected chi connectivity index (χ2v) is 5.49. The third-order valence-corrected chi connectivity index (χ3v) is 3.81. The third-order valence-electron chi connectivity index (χ3n) is 3.81. The minimum Gasteiger partial charge on any atom is -0.489 e. The standard InChI is InChI=1S/C19H19FN2O2/c20-16-6-2-4-8-18(16)24-12-11-21-19(23)10-9-14-13-22-17-7-3-1-5-15(14)17/h1-8,13,22H,9-12H2,(H,21,23). The topological polar surface area (TPSA) is 54.1 Å². The van der Waals surface area contributed by atoms with Crippen LogP contribution >= 0.6 is 0 Å². The first-order chi connectivity index (χ1) is 11.7. The van der Waals surface area contributed by atoms with Gasteiger partial charge in [0, 0.05) is 23.5 Å². The number of carbonyl (C=O) groups excluding carboxylic acids is 1. The van der Waals surface area contributed by atoms with Gasteiger partial charge in [-0.15, -0.1) is 0 Å². The highest BCUT2D eigenvalue weighted by molar-refractivity contribution is 5.84. The highest BCUT2D eigenvalue weighted by Gasteiger charge is 2.07. The predicted molar refractivity (Wildman–Crippen MR) is 91.5 cm³/mol. The lowest BCUT2D eigenvalue weighted by Crippen LogP contribution is -2.28. The number of H-pyrrole nitrogens is 1. The highest BCUT2D eigenvalue weighted by atomic mass is 19.1. The summed E-state index contributed by atoms with van der Waals surface area (Å²) in [7, 11) is 0. The van der Waals surface area contributed by atoms with Crippen molar-refractivity contribution < 1.29 is 13.9 Å². The van der Waals surface area contributed by atoms with Gasteiger partial charge in [0.05, 0.1) is 6.54 Å². The first-order valence-electron chi connectivity index (χ1n) is 7.93. The zero-order valence-electron chi connectivity index (χ0n) is 13.2. The lowest BCUT2D eigenvalue weighted by molar-refractivity contribution is -0.121. The van der Waals surface area contributed by atoms with Gasteiger partial charge >= 0.3 is 0 Å². The summed E-state index contributed by atoms with van der Waals surface area (Å²) in [6.45, 7) is 0.584. The number of benzene rings is 2. The molecule has 0 saturated carbocycles. The van der Waals surface area contributed by atoms with Gasteiger partial charge in [0.1, 0.15) is 6.61 Å². The van der Waals surface area contributed by atoms with Gasteiger partial charge in [-0.25, -0.2) is 4.39 Å². The summed E-state index contributed by atoms with van der Waals surface area (Å²) in [5, 5.41) is 3.93. The summed E-state index contributed by atoms with van der Waals surface area (Å²) in [4.78, 5) is 15.1. The lowest BCUT2D eigenvalue weighted by Gasteiger charge is -2.08. The predicted octanol–water partition coefficient (Wildman–Crippen LogP) is 3.43. The number of halogens is 1. The summed E-state index contributed by atoms with van der Waals surface area (Å²) in [6.07, 6.45) is 3.02. The van der Waals surface area contributed by atoms with E-state index in [0.29, 0.717) is 19.4 Å². The molecule has 0 aliphatic carbocycles. The van der Waals surface area contributed by atoms with Gasteiger partial charge in [0.15, 0.2) is 11.6 Å². The van der Waals surface area contributed by atoms with Crippen molar-refractivity contribution in [2.24, 2.45) is 0 Å². The molecule has 0 atom stereocenters. The van der Waals surface area contributed by atoms with E-state index in [1.807, 2.05) is 30.5 Å². The normalized spacial score (nSPS) is 10.7. The van der Waals surface area contributed by atoms with E-state index in [4.69, 9.17) is 4.74 Å². The average Bonchev–Trinajstić information content (AvgIpc) is 3.01. The Morgan fingerprint density at radius 2 is 1.92 bits per heavy atom. The molecule has 0 fully saturated rings. The van der Waals surface area contributed by atoms with Crippen molar-refractivity contribution in [2.75, 3.05) is 13.2 Å². The van der Waals surface area contributed by atoms with Crippen LogP contribution in [0.2, 0.25) is 0 Å². The molecule has 0 aliphatic heterocycles. The van der Waals surface area contributed by atoms with Gasteiger partial charge < -0.3 is 15.0 Å². The van der Waals surface area contributed by atoms with Crippen LogP contribution in [-0.2, 0) is 11.2 Å². The largest absolute Gasteiger partial charge is 0.489 e. The molecule has 124 valence electrons. The van der Waals surface area contributed by atoms with E-state index in [1.54, 1.807) is 18.2 Å². The molecule has 0 spiro atoms. The van der Waals surface area contributed by atoms with Crippen LogP contribution in [0.4, 0.5) is 4.39 Å². The molecular weight excluding hydrogens is 307 g/mol. The maximum atomic E-state index is 13.4. The Morgan fingerprint density at radius 1 is 1.12 bits per heavy atom. The van der Waals surface area contributed by atoms with Crippen LogP contribution in [0.3, 0.4) is 0 Å². The summed E-state index contributed by atoms with van der Waals surface area (Å²) in [5.41, 5.74) is 2.20. The monoisotopic (exact) mass is 326 g/mol. The van der Waals surface area contributed by atoms with Crippen LogP contribution in [0.15, 0.2) is 54.7 Å². The summed E-state index contributed by atoms with van der Waals surface area (Å²) >= 11 is 0. The minimum atomic E-state index is -0.400. The number of hydrogen-bond donors (Lipinski definition) is 2. The Bertz CT molecular complexity index is 829. The lowest BCUT2D eigenvalue weighted by atomic mass is 10.1. The second kappa shape index (κ2) is 7.64. The first kappa shape index (κ1) is 16.1. The smallest absolute Gasteiger partial charge is 0.220 e. The molecule has 24 heavy (non-hydrogen) atoms. The van der Waals surface area contributed by atoms with Crippen molar-refractivity contribution in [3.63, 3.8) is 0 Å². The third kappa shape index (κ3) is 3.93. The molecule has 1 heterocycles. The number of para-hydroxylation sites is 2. The van der Waals surface area contributed by atoms with Gasteiger partial charge in [-0.2, -0.15) is 0 Å². The maximum Gasteiger partial charge on any atom is 0.220 e. The number of fused-ring (bicyclic) bond motifs is 1. The highest BCUT2D eigenvalue weighted by Crippen LogP contribution is 2.19. The number of ether oxygens (including phenoxy) is 1. The number of aromatic amines is 1. The van der Waals surface area contributed by atoms with Crippen LogP contribution in [0, 0.1) is 5.82 Å². The van der Waals surface area contributed by atoms with Gasteiger partial charge in [-0.3, -0.25) is 4.79 Å². The van der Waals surface area contributed by atoms with Crippen LogP contribution in [-0.4, -0.2) is 24.0 Å². The number of rotatable bonds is 7. The molecule has 0 radical (unpaired) electrons. The van der Waals surface area contributed by atoms with E-state index in [-0.39, 0.29) is 18.3 Å². The van der Waals surface area contributed by atoms with Crippen LogP contribution in [0.5, 0.6) is 5.75 Å². The Kier molecular flexibility index (Phi) is 5.11. The Labute approximate surface area is 139 Å². The molecule has 2 N–H and O–H groups in total. The number of aryl methyl sites for hydroxylation is 1. The van der Waals surface area contributed by atoms with E-state index < -0.39 is 5.82 Å². The molecule has 0 bridgehead atoms. The SMILES string of the molecule is O=C(CCc1c[nH]c2ccccc12)NCCOc1ccccc1F. The van der Waals surface area contributed by atoms with Gasteiger partial charge in [-0.1, -0.05) is 30.3 Å². The fourth-order valence-corrected chi connectivity index (χ4v) is 2.59. The number of nitrogens with one attached hydrogen (secondary N) is 2. The van der Waals surface area contributed by atoms with Crippen LogP contribution < -0.4 is 10.1 Å². The van der Waals surface area contributed by atoms with Crippen molar-refractivity contribution in [3.05, 3.63) is 66.1 Å². The van der Waals surface area contributed by atoms with Crippen molar-refractivity contribution >= 4 is 16.8 Å². The molecule has 5 heteroatoms. The molecule has 1 aromatic heterocycles. The number of carbonyl (C=O) groups is 1. The van der Waals surface area contributed by atoms with Gasteiger partial charge in [-0.05, 0) is 30.2 Å². The van der Waals surface area contributed by atoms with Crippen molar-refractivity contribution in [1.29, 1.82) is 0 Å². The van der Waals surface area contributed by atoms with Gasteiger partial charge in [0.2, 0.25) is 5.91 Å². The molecule has 0 saturated heterocycles. The van der Waals surface area contributed by atoms with E-state index in [1.165, 1.54) is 6.07 Å². The Morgan fingerprint density at radius 3 is 2.79 bits per heavy atom. The number of aromatic nitrogens is 1. The molecule has 3 aromatic rings. The molecule has 3 rings (SSSR count). The Hall–Kier alpha value is -2.82. The van der Waals surface area contributed by atoms with E-state index >= 15 is 0 Å². The zero-order chi connectivity index (χ0) is 16.8. The molecule has 1 amide bonds. The van der Waals surface area contributed by atoms with Gasteiger partial charge in [0.25, 0.3) is 0 Å². The van der Waals surface area contributed by atoms with E-state index in [9.17, 15) is 9.18 Å². The fraction of sp³-hybridized carbons (Fsp3) is 0.211. The van der Waals surface area contributed by atoms with Crippen molar-refractivity contribution in [3.8, 4) is 5.75 Å². The van der Waals surface area contributed by atoms with Crippen LogP contribution in [0.25, 0.3) is 10.9 Å². The fourth-order valence-electron chi connectivity index (χ4n) is 2.59. The van der Waals surface area contributed by atoms with Crippen molar-refractivity contribution in [1.82, 2.24) is 10.3 Å². The minimum absolute atomic E-state index is 0.0441.